The van der Waals surface area contributed by atoms with Crippen molar-refractivity contribution in [3.63, 3.8) is 0 Å². The van der Waals surface area contributed by atoms with Crippen molar-refractivity contribution in [3.8, 4) is 0 Å². The van der Waals surface area contributed by atoms with Crippen molar-refractivity contribution in [1.82, 2.24) is 4.31 Å². The highest BCUT2D eigenvalue weighted by molar-refractivity contribution is 7.89. The van der Waals surface area contributed by atoms with Crippen molar-refractivity contribution >= 4 is 10.0 Å². The van der Waals surface area contributed by atoms with E-state index in [-0.39, 0.29) is 6.04 Å². The second-order valence-corrected chi connectivity index (χ2v) is 6.76. The van der Waals surface area contributed by atoms with Crippen LogP contribution in [0.15, 0.2) is 54.0 Å². The number of hydrogen-bond acceptors (Lipinski definition) is 2. The molecule has 0 N–H and O–H groups in total. The van der Waals surface area contributed by atoms with Crippen LogP contribution in [0.25, 0.3) is 0 Å². The van der Waals surface area contributed by atoms with Crippen LogP contribution in [0.3, 0.4) is 0 Å². The van der Waals surface area contributed by atoms with E-state index < -0.39 is 10.0 Å². The van der Waals surface area contributed by atoms with Crippen molar-refractivity contribution in [3.05, 3.63) is 54.6 Å². The molecule has 0 aromatic heterocycles. The Kier molecular flexibility index (Phi) is 3.92. The predicted molar refractivity (Wildman–Crippen MR) is 77.4 cm³/mol. The average Bonchev–Trinajstić information content (AvgIpc) is 2.88. The van der Waals surface area contributed by atoms with Crippen molar-refractivity contribution in [1.29, 1.82) is 0 Å². The minimum Gasteiger partial charge on any atom is -0.207 e. The Morgan fingerprint density at radius 3 is 2.58 bits per heavy atom. The Balaban J connectivity index is 2.36. The Morgan fingerprint density at radius 1 is 1.37 bits per heavy atom. The molecule has 1 aliphatic heterocycles. The molecule has 1 fully saturated rings. The van der Waals surface area contributed by atoms with Gasteiger partial charge in [-0.05, 0) is 37.5 Å². The van der Waals surface area contributed by atoms with E-state index in [1.54, 1.807) is 22.5 Å². The molecule has 1 aromatic rings. The van der Waals surface area contributed by atoms with Crippen molar-refractivity contribution in [2.45, 2.75) is 30.7 Å². The van der Waals surface area contributed by atoms with Crippen LogP contribution in [-0.2, 0) is 10.0 Å². The van der Waals surface area contributed by atoms with Gasteiger partial charge in [0, 0.05) is 12.6 Å². The summed E-state index contributed by atoms with van der Waals surface area (Å²) in [7, 11) is -3.44. The molecule has 1 heterocycles. The van der Waals surface area contributed by atoms with Crippen LogP contribution in [0.5, 0.6) is 0 Å². The summed E-state index contributed by atoms with van der Waals surface area (Å²) < 4.78 is 26.8. The lowest BCUT2D eigenvalue weighted by Crippen LogP contribution is -2.36. The van der Waals surface area contributed by atoms with E-state index in [1.807, 2.05) is 19.1 Å². The zero-order valence-electron chi connectivity index (χ0n) is 11.2. The fourth-order valence-corrected chi connectivity index (χ4v) is 4.08. The monoisotopic (exact) mass is 277 g/mol. The molecule has 1 saturated heterocycles. The highest BCUT2D eigenvalue weighted by atomic mass is 32.2. The molecular weight excluding hydrogens is 258 g/mol. The van der Waals surface area contributed by atoms with Crippen LogP contribution in [-0.4, -0.2) is 25.3 Å². The molecule has 0 spiro atoms. The van der Waals surface area contributed by atoms with Gasteiger partial charge >= 0.3 is 0 Å². The van der Waals surface area contributed by atoms with Gasteiger partial charge < -0.3 is 0 Å². The lowest BCUT2D eigenvalue weighted by molar-refractivity contribution is 0.425. The minimum absolute atomic E-state index is 0.149. The molecule has 1 unspecified atom stereocenters. The molecule has 1 aliphatic rings. The highest BCUT2D eigenvalue weighted by Crippen LogP contribution is 2.29. The van der Waals surface area contributed by atoms with Gasteiger partial charge in [-0.25, -0.2) is 8.42 Å². The fraction of sp³-hybridized carbons (Fsp3) is 0.333. The predicted octanol–water partition coefficient (Wildman–Crippen LogP) is 2.89. The molecule has 0 saturated carbocycles. The quantitative estimate of drug-likeness (QED) is 0.794. The Bertz CT molecular complexity index is 587. The van der Waals surface area contributed by atoms with Gasteiger partial charge in [0.25, 0.3) is 0 Å². The van der Waals surface area contributed by atoms with E-state index in [2.05, 4.69) is 13.2 Å². The number of hydrogen-bond donors (Lipinski definition) is 0. The van der Waals surface area contributed by atoms with E-state index in [9.17, 15) is 8.42 Å². The van der Waals surface area contributed by atoms with Crippen LogP contribution in [0.2, 0.25) is 0 Å². The van der Waals surface area contributed by atoms with Gasteiger partial charge in [0.15, 0.2) is 0 Å². The summed E-state index contributed by atoms with van der Waals surface area (Å²) in [5.74, 6) is 0. The molecule has 19 heavy (non-hydrogen) atoms. The van der Waals surface area contributed by atoms with Crippen LogP contribution < -0.4 is 0 Å². The van der Waals surface area contributed by atoms with E-state index in [0.717, 1.165) is 24.0 Å². The van der Waals surface area contributed by atoms with Crippen LogP contribution in [0, 0.1) is 6.92 Å². The third-order valence-corrected chi connectivity index (χ3v) is 5.44. The van der Waals surface area contributed by atoms with E-state index in [4.69, 9.17) is 0 Å². The lowest BCUT2D eigenvalue weighted by Gasteiger charge is -2.24. The van der Waals surface area contributed by atoms with Gasteiger partial charge in [-0.1, -0.05) is 36.9 Å². The normalized spacial score (nSPS) is 20.4. The first-order valence-corrected chi connectivity index (χ1v) is 7.80. The SMILES string of the molecule is C=CC(=C)C1CCCN1S(=O)(=O)c1ccc(C)cc1. The largest absolute Gasteiger partial charge is 0.243 e. The molecule has 102 valence electrons. The number of nitrogens with zero attached hydrogens (tertiary/aromatic N) is 1. The molecule has 1 atom stereocenters. The average molecular weight is 277 g/mol. The first-order valence-electron chi connectivity index (χ1n) is 6.36. The van der Waals surface area contributed by atoms with Gasteiger partial charge in [-0.15, -0.1) is 0 Å². The van der Waals surface area contributed by atoms with E-state index in [0.29, 0.717) is 11.4 Å². The summed E-state index contributed by atoms with van der Waals surface area (Å²) in [6.45, 7) is 10.1. The number of aryl methyl sites for hydroxylation is 1. The van der Waals surface area contributed by atoms with Crippen molar-refractivity contribution in [2.75, 3.05) is 6.54 Å². The van der Waals surface area contributed by atoms with E-state index >= 15 is 0 Å². The molecule has 0 amide bonds. The van der Waals surface area contributed by atoms with Gasteiger partial charge in [0.1, 0.15) is 0 Å². The van der Waals surface area contributed by atoms with Gasteiger partial charge in [-0.2, -0.15) is 4.31 Å². The second-order valence-electron chi connectivity index (χ2n) is 4.87. The molecule has 4 heteroatoms. The molecule has 0 bridgehead atoms. The maximum Gasteiger partial charge on any atom is 0.243 e. The summed E-state index contributed by atoms with van der Waals surface area (Å²) >= 11 is 0. The first-order chi connectivity index (χ1) is 8.96. The van der Waals surface area contributed by atoms with Gasteiger partial charge in [0.2, 0.25) is 10.0 Å². The smallest absolute Gasteiger partial charge is 0.207 e. The molecular formula is C15H19NO2S. The van der Waals surface area contributed by atoms with Gasteiger partial charge in [-0.3, -0.25) is 0 Å². The summed E-state index contributed by atoms with van der Waals surface area (Å²) in [6, 6.07) is 6.82. The Labute approximate surface area is 115 Å². The number of sulfonamides is 1. The lowest BCUT2D eigenvalue weighted by atomic mass is 10.1. The molecule has 0 aliphatic carbocycles. The summed E-state index contributed by atoms with van der Waals surface area (Å²) in [5, 5.41) is 0. The van der Waals surface area contributed by atoms with Crippen molar-refractivity contribution in [2.24, 2.45) is 0 Å². The third-order valence-electron chi connectivity index (χ3n) is 3.52. The minimum atomic E-state index is -3.44. The summed E-state index contributed by atoms with van der Waals surface area (Å²) in [6.07, 6.45) is 3.33. The molecule has 0 radical (unpaired) electrons. The third kappa shape index (κ3) is 2.65. The highest BCUT2D eigenvalue weighted by Gasteiger charge is 2.35. The van der Waals surface area contributed by atoms with Crippen molar-refractivity contribution < 1.29 is 8.42 Å². The first kappa shape index (κ1) is 14.0. The second kappa shape index (κ2) is 5.31. The molecule has 1 aromatic carbocycles. The number of rotatable bonds is 4. The Morgan fingerprint density at radius 2 is 2.00 bits per heavy atom. The van der Waals surface area contributed by atoms with Crippen LogP contribution in [0.1, 0.15) is 18.4 Å². The van der Waals surface area contributed by atoms with E-state index in [1.165, 1.54) is 0 Å². The maximum absolute atomic E-state index is 12.6. The molecule has 3 nitrogen and oxygen atoms in total. The number of benzene rings is 1. The fourth-order valence-electron chi connectivity index (χ4n) is 2.38. The van der Waals surface area contributed by atoms with Crippen LogP contribution >= 0.6 is 0 Å². The standard InChI is InChI=1S/C15H19NO2S/c1-4-13(3)15-6-5-11-16(15)19(17,18)14-9-7-12(2)8-10-14/h4,7-10,15H,1,3,5-6,11H2,2H3. The maximum atomic E-state index is 12.6. The summed E-state index contributed by atoms with van der Waals surface area (Å²) in [4.78, 5) is 0.349. The topological polar surface area (TPSA) is 37.4 Å². The Hall–Kier alpha value is -1.39. The van der Waals surface area contributed by atoms with Gasteiger partial charge in [0.05, 0.1) is 4.90 Å². The summed E-state index contributed by atoms with van der Waals surface area (Å²) in [5.41, 5.74) is 1.82. The zero-order valence-corrected chi connectivity index (χ0v) is 12.0. The zero-order chi connectivity index (χ0) is 14.0. The van der Waals surface area contributed by atoms with Crippen LogP contribution in [0.4, 0.5) is 0 Å². The molecule has 2 rings (SSSR count).